The van der Waals surface area contributed by atoms with Crippen LogP contribution in [-0.2, 0) is 4.74 Å². The second-order valence-corrected chi connectivity index (χ2v) is 5.75. The molecule has 3 aromatic carbocycles. The van der Waals surface area contributed by atoms with E-state index in [1.807, 2.05) is 30.3 Å². The number of halogens is 2. The summed E-state index contributed by atoms with van der Waals surface area (Å²) in [7, 11) is 0. The zero-order valence-electron chi connectivity index (χ0n) is 13.6. The maximum atomic E-state index is 13.3. The second kappa shape index (κ2) is 8.01. The average Bonchev–Trinajstić information content (AvgIpc) is 2.65. The van der Waals surface area contributed by atoms with Crippen LogP contribution in [0.3, 0.4) is 0 Å². The van der Waals surface area contributed by atoms with E-state index in [-0.39, 0.29) is 17.7 Å². The first-order valence-electron chi connectivity index (χ1n) is 8.09. The molecule has 0 radical (unpaired) electrons. The Kier molecular flexibility index (Phi) is 5.53. The Balaban J connectivity index is 1.95. The van der Waals surface area contributed by atoms with Crippen LogP contribution in [0.5, 0.6) is 0 Å². The smallest absolute Gasteiger partial charge is 0.123 e. The molecule has 0 aromatic heterocycles. The number of nitrogens with two attached hydrogens (primary N) is 1. The zero-order chi connectivity index (χ0) is 17.6. The van der Waals surface area contributed by atoms with Gasteiger partial charge in [-0.1, -0.05) is 54.6 Å². The maximum absolute atomic E-state index is 13.3. The van der Waals surface area contributed by atoms with E-state index in [0.717, 1.165) is 16.7 Å². The van der Waals surface area contributed by atoms with Gasteiger partial charge in [-0.25, -0.2) is 8.78 Å². The molecular weight excluding hydrogens is 320 g/mol. The summed E-state index contributed by atoms with van der Waals surface area (Å²) < 4.78 is 32.8. The molecule has 0 aliphatic rings. The van der Waals surface area contributed by atoms with Gasteiger partial charge in [0.05, 0.1) is 6.10 Å². The minimum atomic E-state index is -0.477. The van der Waals surface area contributed by atoms with Gasteiger partial charge in [0.15, 0.2) is 0 Å². The molecule has 0 fully saturated rings. The van der Waals surface area contributed by atoms with E-state index >= 15 is 0 Å². The van der Waals surface area contributed by atoms with E-state index in [2.05, 4.69) is 0 Å². The van der Waals surface area contributed by atoms with E-state index in [0.29, 0.717) is 6.54 Å². The summed E-state index contributed by atoms with van der Waals surface area (Å²) in [5, 5.41) is 0. The lowest BCUT2D eigenvalue weighted by atomic mass is 10.00. The predicted octanol–water partition coefficient (Wildman–Crippen LogP) is 4.77. The van der Waals surface area contributed by atoms with Crippen LogP contribution in [0.2, 0.25) is 0 Å². The minimum absolute atomic E-state index is 0.295. The van der Waals surface area contributed by atoms with Crippen LogP contribution < -0.4 is 5.73 Å². The summed E-state index contributed by atoms with van der Waals surface area (Å²) in [6.07, 6.45) is -0.809. The van der Waals surface area contributed by atoms with Crippen LogP contribution in [0.15, 0.2) is 78.9 Å². The van der Waals surface area contributed by atoms with Crippen LogP contribution in [0.1, 0.15) is 28.9 Å². The summed E-state index contributed by atoms with van der Waals surface area (Å²) in [4.78, 5) is 0. The highest BCUT2D eigenvalue weighted by Gasteiger charge is 2.21. The van der Waals surface area contributed by atoms with Gasteiger partial charge in [0.2, 0.25) is 0 Å². The molecule has 0 saturated carbocycles. The van der Waals surface area contributed by atoms with Crippen molar-refractivity contribution in [3.8, 4) is 0 Å². The van der Waals surface area contributed by atoms with Crippen molar-refractivity contribution in [2.75, 3.05) is 6.54 Å². The minimum Gasteiger partial charge on any atom is -0.360 e. The normalized spacial score (nSPS) is 12.3. The van der Waals surface area contributed by atoms with Crippen LogP contribution >= 0.6 is 0 Å². The number of rotatable bonds is 6. The lowest BCUT2D eigenvalue weighted by Crippen LogP contribution is -2.19. The summed E-state index contributed by atoms with van der Waals surface area (Å²) >= 11 is 0. The molecule has 0 amide bonds. The standard InChI is InChI=1S/C21H19F2NO/c22-18-10-6-16(7-11-18)21(17-8-12-19(23)13-9-17)25-20(14-24)15-4-2-1-3-5-15/h1-13,20-21H,14,24H2. The van der Waals surface area contributed by atoms with E-state index < -0.39 is 6.10 Å². The molecule has 1 atom stereocenters. The third-order valence-electron chi connectivity index (χ3n) is 4.03. The van der Waals surface area contributed by atoms with Crippen molar-refractivity contribution in [3.63, 3.8) is 0 Å². The van der Waals surface area contributed by atoms with E-state index in [9.17, 15) is 8.78 Å². The van der Waals surface area contributed by atoms with Gasteiger partial charge < -0.3 is 10.5 Å². The Morgan fingerprint density at radius 1 is 0.680 bits per heavy atom. The van der Waals surface area contributed by atoms with Gasteiger partial charge in [-0.15, -0.1) is 0 Å². The van der Waals surface area contributed by atoms with Crippen LogP contribution in [0.25, 0.3) is 0 Å². The van der Waals surface area contributed by atoms with Crippen molar-refractivity contribution >= 4 is 0 Å². The summed E-state index contributed by atoms with van der Waals surface area (Å²) in [6, 6.07) is 21.9. The quantitative estimate of drug-likeness (QED) is 0.702. The van der Waals surface area contributed by atoms with Crippen molar-refractivity contribution in [1.82, 2.24) is 0 Å². The maximum Gasteiger partial charge on any atom is 0.123 e. The molecule has 0 spiro atoms. The molecule has 0 aliphatic carbocycles. The first-order valence-corrected chi connectivity index (χ1v) is 8.09. The first-order chi connectivity index (χ1) is 12.2. The molecular formula is C21H19F2NO. The summed E-state index contributed by atoms with van der Waals surface area (Å²) in [5.74, 6) is -0.639. The Morgan fingerprint density at radius 3 is 1.60 bits per heavy atom. The van der Waals surface area contributed by atoms with Crippen molar-refractivity contribution in [2.45, 2.75) is 12.2 Å². The van der Waals surface area contributed by atoms with E-state index in [1.54, 1.807) is 24.3 Å². The summed E-state index contributed by atoms with van der Waals surface area (Å²) in [5.41, 5.74) is 8.43. The SMILES string of the molecule is NCC(OC(c1ccc(F)cc1)c1ccc(F)cc1)c1ccccc1. The lowest BCUT2D eigenvalue weighted by molar-refractivity contribution is 0.0121. The lowest BCUT2D eigenvalue weighted by Gasteiger charge is -2.25. The highest BCUT2D eigenvalue weighted by atomic mass is 19.1. The van der Waals surface area contributed by atoms with Crippen molar-refractivity contribution in [1.29, 1.82) is 0 Å². The molecule has 2 nitrogen and oxygen atoms in total. The van der Waals surface area contributed by atoms with Gasteiger partial charge in [-0.2, -0.15) is 0 Å². The van der Waals surface area contributed by atoms with E-state index in [4.69, 9.17) is 10.5 Å². The number of hydrogen-bond donors (Lipinski definition) is 1. The predicted molar refractivity (Wildman–Crippen MR) is 94.0 cm³/mol. The van der Waals surface area contributed by atoms with Crippen molar-refractivity contribution in [2.24, 2.45) is 5.73 Å². The van der Waals surface area contributed by atoms with Gasteiger partial charge in [0.25, 0.3) is 0 Å². The van der Waals surface area contributed by atoms with E-state index in [1.165, 1.54) is 24.3 Å². The fourth-order valence-electron chi connectivity index (χ4n) is 2.73. The van der Waals surface area contributed by atoms with Gasteiger partial charge in [-0.3, -0.25) is 0 Å². The van der Waals surface area contributed by atoms with Crippen LogP contribution in [0.4, 0.5) is 8.78 Å². The summed E-state index contributed by atoms with van der Waals surface area (Å²) in [6.45, 7) is 0.295. The third-order valence-corrected chi connectivity index (χ3v) is 4.03. The molecule has 25 heavy (non-hydrogen) atoms. The molecule has 0 saturated heterocycles. The molecule has 3 aromatic rings. The fraction of sp³-hybridized carbons (Fsp3) is 0.143. The van der Waals surface area contributed by atoms with Gasteiger partial charge in [-0.05, 0) is 41.0 Å². The number of ether oxygens (including phenoxy) is 1. The zero-order valence-corrected chi connectivity index (χ0v) is 13.6. The molecule has 1 unspecified atom stereocenters. The highest BCUT2D eigenvalue weighted by molar-refractivity contribution is 5.31. The monoisotopic (exact) mass is 339 g/mol. The Bertz CT molecular complexity index is 743. The first kappa shape index (κ1) is 17.3. The molecule has 2 N–H and O–H groups in total. The molecule has 0 bridgehead atoms. The Hall–Kier alpha value is -2.56. The van der Waals surface area contributed by atoms with Gasteiger partial charge in [0.1, 0.15) is 17.7 Å². The van der Waals surface area contributed by atoms with Crippen LogP contribution in [-0.4, -0.2) is 6.54 Å². The topological polar surface area (TPSA) is 35.2 Å². The largest absolute Gasteiger partial charge is 0.360 e. The molecule has 128 valence electrons. The Labute approximate surface area is 145 Å². The third kappa shape index (κ3) is 4.29. The highest BCUT2D eigenvalue weighted by Crippen LogP contribution is 2.32. The molecule has 0 heterocycles. The van der Waals surface area contributed by atoms with Crippen molar-refractivity contribution in [3.05, 3.63) is 107 Å². The van der Waals surface area contributed by atoms with Gasteiger partial charge >= 0.3 is 0 Å². The fourth-order valence-corrected chi connectivity index (χ4v) is 2.73. The molecule has 0 aliphatic heterocycles. The average molecular weight is 339 g/mol. The second-order valence-electron chi connectivity index (χ2n) is 5.75. The van der Waals surface area contributed by atoms with Crippen LogP contribution in [0, 0.1) is 11.6 Å². The van der Waals surface area contributed by atoms with Crippen molar-refractivity contribution < 1.29 is 13.5 Å². The molecule has 3 rings (SSSR count). The number of benzene rings is 3. The van der Waals surface area contributed by atoms with Gasteiger partial charge in [0, 0.05) is 6.54 Å². The Morgan fingerprint density at radius 2 is 1.16 bits per heavy atom. The molecule has 4 heteroatoms. The number of hydrogen-bond acceptors (Lipinski definition) is 2.